The number of nitriles is 1. The van der Waals surface area contributed by atoms with Crippen LogP contribution in [-0.2, 0) is 0 Å². The molecule has 0 spiro atoms. The van der Waals surface area contributed by atoms with Crippen molar-refractivity contribution in [2.45, 2.75) is 18.9 Å². The maximum Gasteiger partial charge on any atom is 0.182 e. The number of nitrogens with zero attached hydrogens (tertiary/aromatic N) is 4. The first-order valence-electron chi connectivity index (χ1n) is 7.72. The number of likely N-dealkylation sites (tertiary alicyclic amines) is 1. The molecule has 1 aromatic heterocycles. The maximum absolute atomic E-state index is 9.13. The average Bonchev–Trinajstić information content (AvgIpc) is 3.10. The number of rotatable bonds is 5. The molecule has 5 nitrogen and oxygen atoms in total. The summed E-state index contributed by atoms with van der Waals surface area (Å²) in [5, 5.41) is 13.1. The van der Waals surface area contributed by atoms with Crippen LogP contribution < -0.4 is 5.32 Å². The van der Waals surface area contributed by atoms with Crippen molar-refractivity contribution in [3.05, 3.63) is 52.9 Å². The molecule has 118 valence electrons. The zero-order chi connectivity index (χ0) is 16.1. The predicted octanol–water partition coefficient (Wildman–Crippen LogP) is 3.25. The molecule has 1 unspecified atom stereocenters. The highest BCUT2D eigenvalue weighted by Crippen LogP contribution is 2.27. The minimum atomic E-state index is 0.199. The van der Waals surface area contributed by atoms with Crippen LogP contribution in [-0.4, -0.2) is 34.5 Å². The van der Waals surface area contributed by atoms with Crippen LogP contribution >= 0.6 is 11.6 Å². The lowest BCUT2D eigenvalue weighted by molar-refractivity contribution is 0.256. The zero-order valence-electron chi connectivity index (χ0n) is 12.7. The third kappa shape index (κ3) is 3.79. The monoisotopic (exact) mass is 327 g/mol. The van der Waals surface area contributed by atoms with Gasteiger partial charge in [0.2, 0.25) is 0 Å². The van der Waals surface area contributed by atoms with Crippen molar-refractivity contribution in [1.29, 1.82) is 5.26 Å². The van der Waals surface area contributed by atoms with Crippen molar-refractivity contribution in [3.8, 4) is 6.07 Å². The summed E-state index contributed by atoms with van der Waals surface area (Å²) < 4.78 is 0. The fourth-order valence-corrected chi connectivity index (χ4v) is 3.17. The third-order valence-corrected chi connectivity index (χ3v) is 4.32. The van der Waals surface area contributed by atoms with E-state index in [1.165, 1.54) is 24.6 Å². The summed E-state index contributed by atoms with van der Waals surface area (Å²) in [6, 6.07) is 10.2. The molecule has 2 aromatic rings. The molecule has 1 aromatic carbocycles. The molecule has 1 atom stereocenters. The van der Waals surface area contributed by atoms with Gasteiger partial charge in [-0.25, -0.2) is 9.97 Å². The predicted molar refractivity (Wildman–Crippen MR) is 90.2 cm³/mol. The standard InChI is InChI=1S/C17H18ClN5/c18-14-5-3-4-13(10-14)16(23-8-1-2-9-23)12-22-17-15(11-19)20-6-7-21-17/h3-7,10,16H,1-2,8-9,12H2,(H,21,22). The highest BCUT2D eigenvalue weighted by Gasteiger charge is 2.24. The Kier molecular flexibility index (Phi) is 5.06. The Labute approximate surface area is 140 Å². The van der Waals surface area contributed by atoms with Gasteiger partial charge >= 0.3 is 0 Å². The molecule has 0 saturated carbocycles. The minimum Gasteiger partial charge on any atom is -0.366 e. The van der Waals surface area contributed by atoms with Gasteiger partial charge in [-0.05, 0) is 43.6 Å². The van der Waals surface area contributed by atoms with E-state index in [-0.39, 0.29) is 6.04 Å². The second-order valence-electron chi connectivity index (χ2n) is 5.56. The van der Waals surface area contributed by atoms with E-state index in [1.54, 1.807) is 6.20 Å². The summed E-state index contributed by atoms with van der Waals surface area (Å²) >= 11 is 6.16. The normalized spacial score (nSPS) is 16.0. The van der Waals surface area contributed by atoms with Crippen LogP contribution in [0.1, 0.15) is 30.1 Å². The minimum absolute atomic E-state index is 0.199. The lowest BCUT2D eigenvalue weighted by Crippen LogP contribution is -2.31. The summed E-state index contributed by atoms with van der Waals surface area (Å²) in [6.45, 7) is 2.81. The fourth-order valence-electron chi connectivity index (χ4n) is 2.97. The Morgan fingerprint density at radius 2 is 2.04 bits per heavy atom. The largest absolute Gasteiger partial charge is 0.366 e. The lowest BCUT2D eigenvalue weighted by atomic mass is 10.1. The topological polar surface area (TPSA) is 64.8 Å². The van der Waals surface area contributed by atoms with Crippen molar-refractivity contribution in [1.82, 2.24) is 14.9 Å². The number of anilines is 1. The van der Waals surface area contributed by atoms with Gasteiger partial charge in [0, 0.05) is 24.0 Å². The molecule has 23 heavy (non-hydrogen) atoms. The molecule has 0 aliphatic carbocycles. The second-order valence-corrected chi connectivity index (χ2v) is 6.00. The van der Waals surface area contributed by atoms with Crippen LogP contribution in [0.5, 0.6) is 0 Å². The van der Waals surface area contributed by atoms with E-state index >= 15 is 0 Å². The van der Waals surface area contributed by atoms with E-state index in [2.05, 4.69) is 32.3 Å². The van der Waals surface area contributed by atoms with Gasteiger partial charge in [-0.15, -0.1) is 0 Å². The van der Waals surface area contributed by atoms with Crippen LogP contribution in [0.25, 0.3) is 0 Å². The number of halogens is 1. The molecular weight excluding hydrogens is 310 g/mol. The maximum atomic E-state index is 9.13. The summed E-state index contributed by atoms with van der Waals surface area (Å²) in [7, 11) is 0. The van der Waals surface area contributed by atoms with Crippen LogP contribution in [0.4, 0.5) is 5.82 Å². The highest BCUT2D eigenvalue weighted by atomic mass is 35.5. The Morgan fingerprint density at radius 1 is 1.26 bits per heavy atom. The number of aromatic nitrogens is 2. The summed E-state index contributed by atoms with van der Waals surface area (Å²) in [6.07, 6.45) is 5.55. The molecule has 1 aliphatic heterocycles. The smallest absolute Gasteiger partial charge is 0.182 e. The van der Waals surface area contributed by atoms with Crippen LogP contribution in [0.3, 0.4) is 0 Å². The van der Waals surface area contributed by atoms with Crippen molar-refractivity contribution in [3.63, 3.8) is 0 Å². The molecule has 3 rings (SSSR count). The number of nitrogens with one attached hydrogen (secondary N) is 1. The number of hydrogen-bond donors (Lipinski definition) is 1. The number of hydrogen-bond acceptors (Lipinski definition) is 5. The molecule has 0 bridgehead atoms. The van der Waals surface area contributed by atoms with Crippen LogP contribution in [0.15, 0.2) is 36.7 Å². The van der Waals surface area contributed by atoms with Crippen molar-refractivity contribution in [2.24, 2.45) is 0 Å². The highest BCUT2D eigenvalue weighted by molar-refractivity contribution is 6.30. The van der Waals surface area contributed by atoms with Crippen molar-refractivity contribution < 1.29 is 0 Å². The molecule has 6 heteroatoms. The molecule has 0 amide bonds. The molecule has 1 aliphatic rings. The van der Waals surface area contributed by atoms with Gasteiger partial charge in [-0.2, -0.15) is 5.26 Å². The molecule has 2 heterocycles. The third-order valence-electron chi connectivity index (χ3n) is 4.08. The fraction of sp³-hybridized carbons (Fsp3) is 0.353. The van der Waals surface area contributed by atoms with E-state index in [9.17, 15) is 0 Å². The summed E-state index contributed by atoms with van der Waals surface area (Å²) in [5.74, 6) is 0.529. The first kappa shape index (κ1) is 15.7. The summed E-state index contributed by atoms with van der Waals surface area (Å²) in [5.41, 5.74) is 1.49. The van der Waals surface area contributed by atoms with E-state index < -0.39 is 0 Å². The molecule has 0 radical (unpaired) electrons. The Hall–Kier alpha value is -2.16. The van der Waals surface area contributed by atoms with E-state index in [4.69, 9.17) is 16.9 Å². The van der Waals surface area contributed by atoms with Gasteiger partial charge in [-0.3, -0.25) is 4.90 Å². The first-order valence-corrected chi connectivity index (χ1v) is 8.10. The average molecular weight is 328 g/mol. The first-order chi connectivity index (χ1) is 11.3. The molecular formula is C17H18ClN5. The second kappa shape index (κ2) is 7.40. The Morgan fingerprint density at radius 3 is 2.78 bits per heavy atom. The Bertz CT molecular complexity index is 706. The quantitative estimate of drug-likeness (QED) is 0.913. The van der Waals surface area contributed by atoms with Crippen LogP contribution in [0, 0.1) is 11.3 Å². The molecule has 1 saturated heterocycles. The van der Waals surface area contributed by atoms with Crippen molar-refractivity contribution in [2.75, 3.05) is 25.0 Å². The lowest BCUT2D eigenvalue weighted by Gasteiger charge is -2.28. The van der Waals surface area contributed by atoms with E-state index in [0.717, 1.165) is 18.1 Å². The zero-order valence-corrected chi connectivity index (χ0v) is 13.5. The van der Waals surface area contributed by atoms with Gasteiger partial charge in [0.1, 0.15) is 6.07 Å². The van der Waals surface area contributed by atoms with E-state index in [0.29, 0.717) is 18.1 Å². The van der Waals surface area contributed by atoms with Gasteiger partial charge in [-0.1, -0.05) is 23.7 Å². The molecule has 1 fully saturated rings. The van der Waals surface area contributed by atoms with Gasteiger partial charge in [0.05, 0.1) is 6.04 Å². The van der Waals surface area contributed by atoms with Crippen molar-refractivity contribution >= 4 is 17.4 Å². The SMILES string of the molecule is N#Cc1nccnc1NCC(c1cccc(Cl)c1)N1CCCC1. The number of benzene rings is 1. The van der Waals surface area contributed by atoms with Gasteiger partial charge in [0.15, 0.2) is 11.5 Å². The Balaban J connectivity index is 1.80. The molecule has 1 N–H and O–H groups in total. The summed E-state index contributed by atoms with van der Waals surface area (Å²) in [4.78, 5) is 10.7. The van der Waals surface area contributed by atoms with Crippen LogP contribution in [0.2, 0.25) is 5.02 Å². The van der Waals surface area contributed by atoms with Gasteiger partial charge < -0.3 is 5.32 Å². The van der Waals surface area contributed by atoms with Gasteiger partial charge in [0.25, 0.3) is 0 Å². The van der Waals surface area contributed by atoms with E-state index in [1.807, 2.05) is 18.2 Å².